The van der Waals surface area contributed by atoms with Crippen LogP contribution in [0.4, 0.5) is 26.3 Å². The van der Waals surface area contributed by atoms with Crippen molar-refractivity contribution in [1.29, 1.82) is 0 Å². The number of amidine groups is 1. The van der Waals surface area contributed by atoms with E-state index in [0.717, 1.165) is 42.5 Å². The average molecular weight is 579 g/mol. The van der Waals surface area contributed by atoms with Gasteiger partial charge in [-0.15, -0.1) is 0 Å². The van der Waals surface area contributed by atoms with Crippen molar-refractivity contribution in [1.82, 2.24) is 14.7 Å². The number of halogens is 6. The third-order valence-corrected chi connectivity index (χ3v) is 7.84. The number of aromatic nitrogens is 2. The quantitative estimate of drug-likeness (QED) is 0.116. The van der Waals surface area contributed by atoms with Crippen molar-refractivity contribution in [3.63, 3.8) is 0 Å². The highest BCUT2D eigenvalue weighted by Crippen LogP contribution is 2.38. The molecule has 0 spiro atoms. The van der Waals surface area contributed by atoms with E-state index < -0.39 is 23.5 Å². The van der Waals surface area contributed by atoms with Crippen LogP contribution >= 0.6 is 0 Å². The van der Waals surface area contributed by atoms with E-state index in [1.54, 1.807) is 19.3 Å². The van der Waals surface area contributed by atoms with Gasteiger partial charge in [-0.2, -0.15) is 31.4 Å². The molecule has 1 aliphatic rings. The number of alkyl halides is 6. The van der Waals surface area contributed by atoms with Gasteiger partial charge in [-0.3, -0.25) is 9.67 Å². The number of hydrogen-bond acceptors (Lipinski definition) is 2. The molecule has 0 saturated carbocycles. The molecule has 1 aromatic heterocycles. The van der Waals surface area contributed by atoms with Gasteiger partial charge in [0.05, 0.1) is 23.2 Å². The zero-order valence-corrected chi connectivity index (χ0v) is 23.8. The van der Waals surface area contributed by atoms with Gasteiger partial charge in [0.1, 0.15) is 5.84 Å². The lowest BCUT2D eigenvalue weighted by Crippen LogP contribution is -2.31. The van der Waals surface area contributed by atoms with E-state index in [1.165, 1.54) is 30.4 Å². The van der Waals surface area contributed by atoms with Crippen LogP contribution in [0.15, 0.2) is 53.2 Å². The monoisotopic (exact) mass is 578 g/mol. The molecule has 0 amide bonds. The maximum absolute atomic E-state index is 13.6. The second-order valence-corrected chi connectivity index (χ2v) is 11.3. The van der Waals surface area contributed by atoms with Crippen molar-refractivity contribution in [3.8, 4) is 0 Å². The molecule has 0 bridgehead atoms. The molecule has 1 atom stereocenters. The number of hydrogen-bond donors (Lipinski definition) is 0. The van der Waals surface area contributed by atoms with Crippen LogP contribution < -0.4 is 0 Å². The molecule has 10 heteroatoms. The second-order valence-electron chi connectivity index (χ2n) is 11.3. The summed E-state index contributed by atoms with van der Waals surface area (Å²) in [5, 5.41) is 5.07. The van der Waals surface area contributed by atoms with Crippen LogP contribution in [0, 0.1) is 5.41 Å². The van der Waals surface area contributed by atoms with Crippen molar-refractivity contribution >= 4 is 22.8 Å². The fourth-order valence-electron chi connectivity index (χ4n) is 5.69. The minimum atomic E-state index is -4.93. The Balaban J connectivity index is 1.53. The maximum Gasteiger partial charge on any atom is 0.416 e. The molecule has 4 nitrogen and oxygen atoms in total. The lowest BCUT2D eigenvalue weighted by molar-refractivity contribution is -0.143. The van der Waals surface area contributed by atoms with E-state index in [2.05, 4.69) is 28.8 Å². The van der Waals surface area contributed by atoms with Crippen LogP contribution in [0.3, 0.4) is 0 Å². The summed E-state index contributed by atoms with van der Waals surface area (Å²) in [6.07, 6.45) is -0.144. The Kier molecular flexibility index (Phi) is 8.90. The Morgan fingerprint density at radius 3 is 2.46 bits per heavy atom. The summed E-state index contributed by atoms with van der Waals surface area (Å²) in [6.45, 7) is 8.18. The number of fused-ring (bicyclic) bond motifs is 1. The number of nitrogens with zero attached hydrogens (tertiary/aromatic N) is 4. The Morgan fingerprint density at radius 2 is 1.80 bits per heavy atom. The van der Waals surface area contributed by atoms with E-state index >= 15 is 0 Å². The number of unbranched alkanes of at least 4 members (excludes halogenated alkanes) is 2. The highest BCUT2D eigenvalue weighted by Gasteiger charge is 2.38. The molecule has 1 fully saturated rings. The van der Waals surface area contributed by atoms with Gasteiger partial charge in [0, 0.05) is 31.7 Å². The molecule has 1 unspecified atom stereocenters. The van der Waals surface area contributed by atoms with E-state index in [4.69, 9.17) is 0 Å². The SMILES string of the molecule is CCCCCC1(C)CCN(C(=NC)/C(C)=C/c2ccc3nn(Cc4ccc(C(F)(F)F)cc4C(F)(F)F)cc3c2)C1. The highest BCUT2D eigenvalue weighted by molar-refractivity contribution is 6.02. The fraction of sp³-hybridized carbons (Fsp3) is 0.484. The van der Waals surface area contributed by atoms with Gasteiger partial charge in [0.2, 0.25) is 0 Å². The molecular formula is C31H36F6N4. The van der Waals surface area contributed by atoms with Crippen molar-refractivity contribution in [2.45, 2.75) is 71.8 Å². The first-order valence-electron chi connectivity index (χ1n) is 13.9. The Labute approximate surface area is 236 Å². The molecule has 3 aromatic rings. The summed E-state index contributed by atoms with van der Waals surface area (Å²) < 4.78 is 81.2. The van der Waals surface area contributed by atoms with Gasteiger partial charge in [-0.1, -0.05) is 45.2 Å². The third-order valence-electron chi connectivity index (χ3n) is 7.84. The number of rotatable bonds is 8. The van der Waals surface area contributed by atoms with Crippen LogP contribution in [0.25, 0.3) is 17.0 Å². The number of aliphatic imine (C=N–C) groups is 1. The van der Waals surface area contributed by atoms with Gasteiger partial charge < -0.3 is 4.90 Å². The third kappa shape index (κ3) is 7.32. The van der Waals surface area contributed by atoms with Crippen LogP contribution in [-0.4, -0.2) is 40.7 Å². The minimum Gasteiger partial charge on any atom is -0.356 e. The van der Waals surface area contributed by atoms with Gasteiger partial charge >= 0.3 is 12.4 Å². The summed E-state index contributed by atoms with van der Waals surface area (Å²) in [7, 11) is 1.79. The molecule has 1 saturated heterocycles. The minimum absolute atomic E-state index is 0.158. The second kappa shape index (κ2) is 11.9. The van der Waals surface area contributed by atoms with E-state index in [-0.39, 0.29) is 23.6 Å². The van der Waals surface area contributed by atoms with Crippen molar-refractivity contribution in [2.24, 2.45) is 10.4 Å². The van der Waals surface area contributed by atoms with Gasteiger partial charge in [0.25, 0.3) is 0 Å². The Bertz CT molecular complexity index is 1430. The fourth-order valence-corrected chi connectivity index (χ4v) is 5.69. The molecule has 2 heterocycles. The van der Waals surface area contributed by atoms with Gasteiger partial charge in [-0.25, -0.2) is 0 Å². The normalized spacial score (nSPS) is 19.0. The van der Waals surface area contributed by atoms with Crippen molar-refractivity contribution < 1.29 is 26.3 Å². The average Bonchev–Trinajstić information content (AvgIpc) is 3.46. The molecule has 1 aliphatic heterocycles. The van der Waals surface area contributed by atoms with Crippen LogP contribution in [0.2, 0.25) is 0 Å². The zero-order valence-electron chi connectivity index (χ0n) is 23.8. The number of likely N-dealkylation sites (tertiary alicyclic amines) is 1. The summed E-state index contributed by atoms with van der Waals surface area (Å²) in [5.41, 5.74) is -0.185. The molecule has 41 heavy (non-hydrogen) atoms. The first kappa shape index (κ1) is 30.7. The molecule has 0 radical (unpaired) electrons. The summed E-state index contributed by atoms with van der Waals surface area (Å²) in [5.74, 6) is 0.946. The topological polar surface area (TPSA) is 33.4 Å². The predicted octanol–water partition coefficient (Wildman–Crippen LogP) is 8.85. The standard InChI is InChI=1S/C31H36F6N4/c1-5-6-7-12-29(3)13-14-40(20-29)28(38-4)21(2)15-22-8-11-27-24(16-22)19-41(39-27)18-23-9-10-25(30(32,33)34)17-26(23)31(35,36)37/h8-11,15-17,19H,5-7,12-14,18,20H2,1-4H3/b21-15+,38-28?. The van der Waals surface area contributed by atoms with Gasteiger partial charge in [0.15, 0.2) is 0 Å². The van der Waals surface area contributed by atoms with Crippen LogP contribution in [-0.2, 0) is 18.9 Å². The lowest BCUT2D eigenvalue weighted by Gasteiger charge is -2.26. The van der Waals surface area contributed by atoms with Gasteiger partial charge in [-0.05, 0) is 72.2 Å². The van der Waals surface area contributed by atoms with Crippen LogP contribution in [0.1, 0.15) is 75.1 Å². The molecular weight excluding hydrogens is 542 g/mol. The first-order chi connectivity index (χ1) is 19.2. The van der Waals surface area contributed by atoms with E-state index in [0.29, 0.717) is 17.0 Å². The summed E-state index contributed by atoms with van der Waals surface area (Å²) >= 11 is 0. The smallest absolute Gasteiger partial charge is 0.356 e. The molecule has 0 N–H and O–H groups in total. The molecule has 0 aliphatic carbocycles. The number of benzene rings is 2. The van der Waals surface area contributed by atoms with Crippen molar-refractivity contribution in [2.75, 3.05) is 20.1 Å². The molecule has 2 aromatic carbocycles. The van der Waals surface area contributed by atoms with E-state index in [1.807, 2.05) is 25.1 Å². The summed E-state index contributed by atoms with van der Waals surface area (Å²) in [6, 6.07) is 7.26. The lowest BCUT2D eigenvalue weighted by atomic mass is 9.84. The highest BCUT2D eigenvalue weighted by atomic mass is 19.4. The molecule has 4 rings (SSSR count). The largest absolute Gasteiger partial charge is 0.416 e. The Morgan fingerprint density at radius 1 is 1.05 bits per heavy atom. The predicted molar refractivity (Wildman–Crippen MR) is 151 cm³/mol. The van der Waals surface area contributed by atoms with Crippen molar-refractivity contribution in [3.05, 3.63) is 70.4 Å². The summed E-state index contributed by atoms with van der Waals surface area (Å²) in [4.78, 5) is 6.93. The van der Waals surface area contributed by atoms with E-state index in [9.17, 15) is 26.3 Å². The maximum atomic E-state index is 13.6. The Hall–Kier alpha value is -3.30. The first-order valence-corrected chi connectivity index (χ1v) is 13.9. The zero-order chi connectivity index (χ0) is 30.0. The molecule has 222 valence electrons. The van der Waals surface area contributed by atoms with Crippen LogP contribution in [0.5, 0.6) is 0 Å².